The molecule has 148 valence electrons. The monoisotopic (exact) mass is 397 g/mol. The maximum atomic E-state index is 12.6. The molecule has 0 spiro atoms. The second kappa shape index (κ2) is 7.41. The number of rotatable bonds is 5. The standard InChI is InChI=1S/C17H23N3O6S/c1-4-25-15(23)13-9(2)18-16(24)19-10(13)7-26-14(22)11-8-27-17(3)6-5-12(21)20(11)17/h9,11H,4-8H2,1-3H3,(H2,18,19,24)/t9-,11-,17-/m1/s1. The second-order valence-corrected chi connectivity index (χ2v) is 8.31. The van der Waals surface area contributed by atoms with Crippen LogP contribution in [0.5, 0.6) is 0 Å². The minimum Gasteiger partial charge on any atom is -0.463 e. The normalized spacial score (nSPS) is 30.0. The highest BCUT2D eigenvalue weighted by Crippen LogP contribution is 2.47. The molecule has 27 heavy (non-hydrogen) atoms. The molecule has 3 aliphatic heterocycles. The molecule has 0 bridgehead atoms. The van der Waals surface area contributed by atoms with E-state index in [1.807, 2.05) is 6.92 Å². The van der Waals surface area contributed by atoms with Gasteiger partial charge in [0, 0.05) is 12.2 Å². The van der Waals surface area contributed by atoms with Gasteiger partial charge in [-0.15, -0.1) is 11.8 Å². The SMILES string of the molecule is CCOC(=O)C1=C(COC(=O)[C@H]2CS[C@]3(C)CCC(=O)N23)NC(=O)N[C@@H]1C. The Hall–Kier alpha value is -2.23. The number of fused-ring (bicyclic) bond motifs is 1. The number of ether oxygens (including phenoxy) is 2. The van der Waals surface area contributed by atoms with Gasteiger partial charge in [-0.2, -0.15) is 0 Å². The number of esters is 2. The molecule has 3 amide bonds. The fraction of sp³-hybridized carbons (Fsp3) is 0.647. The minimum atomic E-state index is -0.656. The fourth-order valence-corrected chi connectivity index (χ4v) is 5.04. The summed E-state index contributed by atoms with van der Waals surface area (Å²) in [7, 11) is 0. The van der Waals surface area contributed by atoms with Gasteiger partial charge in [-0.05, 0) is 27.2 Å². The largest absolute Gasteiger partial charge is 0.463 e. The topological polar surface area (TPSA) is 114 Å². The number of carbonyl (C=O) groups is 4. The van der Waals surface area contributed by atoms with Crippen molar-refractivity contribution in [2.75, 3.05) is 19.0 Å². The highest BCUT2D eigenvalue weighted by Gasteiger charge is 2.53. The van der Waals surface area contributed by atoms with Gasteiger partial charge in [0.25, 0.3) is 0 Å². The Morgan fingerprint density at radius 1 is 1.33 bits per heavy atom. The molecule has 0 aromatic rings. The Bertz CT molecular complexity index is 723. The summed E-state index contributed by atoms with van der Waals surface area (Å²) >= 11 is 1.57. The molecule has 0 aromatic carbocycles. The predicted molar refractivity (Wildman–Crippen MR) is 96.5 cm³/mol. The molecule has 3 rings (SSSR count). The molecule has 0 radical (unpaired) electrons. The van der Waals surface area contributed by atoms with E-state index >= 15 is 0 Å². The van der Waals surface area contributed by atoms with Crippen molar-refractivity contribution in [3.8, 4) is 0 Å². The summed E-state index contributed by atoms with van der Waals surface area (Å²) in [5.74, 6) is -0.714. The van der Waals surface area contributed by atoms with Gasteiger partial charge in [0.15, 0.2) is 0 Å². The Kier molecular flexibility index (Phi) is 5.36. The van der Waals surface area contributed by atoms with Gasteiger partial charge in [-0.3, -0.25) is 4.79 Å². The molecule has 9 nitrogen and oxygen atoms in total. The van der Waals surface area contributed by atoms with Crippen molar-refractivity contribution >= 4 is 35.6 Å². The number of hydrogen-bond donors (Lipinski definition) is 2. The van der Waals surface area contributed by atoms with Gasteiger partial charge >= 0.3 is 18.0 Å². The number of carbonyl (C=O) groups excluding carboxylic acids is 4. The van der Waals surface area contributed by atoms with Crippen LogP contribution >= 0.6 is 11.8 Å². The Morgan fingerprint density at radius 2 is 2.07 bits per heavy atom. The molecule has 0 aromatic heterocycles. The van der Waals surface area contributed by atoms with E-state index in [1.54, 1.807) is 30.5 Å². The molecule has 0 aliphatic carbocycles. The summed E-state index contributed by atoms with van der Waals surface area (Å²) in [6.07, 6.45) is 1.13. The van der Waals surface area contributed by atoms with Crippen LogP contribution in [0.15, 0.2) is 11.3 Å². The van der Waals surface area contributed by atoms with Gasteiger partial charge in [-0.1, -0.05) is 0 Å². The molecule has 3 atom stereocenters. The van der Waals surface area contributed by atoms with E-state index in [2.05, 4.69) is 10.6 Å². The van der Waals surface area contributed by atoms with Crippen molar-refractivity contribution in [3.63, 3.8) is 0 Å². The molecule has 0 saturated carbocycles. The maximum absolute atomic E-state index is 12.6. The lowest BCUT2D eigenvalue weighted by Crippen LogP contribution is -2.50. The van der Waals surface area contributed by atoms with Crippen molar-refractivity contribution in [1.29, 1.82) is 0 Å². The van der Waals surface area contributed by atoms with Crippen LogP contribution in [-0.2, 0) is 23.9 Å². The first-order valence-corrected chi connectivity index (χ1v) is 9.86. The van der Waals surface area contributed by atoms with E-state index in [0.717, 1.165) is 0 Å². The van der Waals surface area contributed by atoms with Crippen molar-refractivity contribution in [3.05, 3.63) is 11.3 Å². The van der Waals surface area contributed by atoms with Crippen LogP contribution in [0.2, 0.25) is 0 Å². The lowest BCUT2D eigenvalue weighted by molar-refractivity contribution is -0.153. The van der Waals surface area contributed by atoms with Crippen LogP contribution in [0.25, 0.3) is 0 Å². The van der Waals surface area contributed by atoms with E-state index in [9.17, 15) is 19.2 Å². The van der Waals surface area contributed by atoms with Crippen LogP contribution in [0.3, 0.4) is 0 Å². The quantitative estimate of drug-likeness (QED) is 0.650. The summed E-state index contributed by atoms with van der Waals surface area (Å²) < 4.78 is 10.4. The average Bonchev–Trinajstić information content (AvgIpc) is 3.08. The third kappa shape index (κ3) is 3.62. The molecule has 0 unspecified atom stereocenters. The van der Waals surface area contributed by atoms with Gasteiger partial charge in [-0.25, -0.2) is 14.4 Å². The third-order valence-electron chi connectivity index (χ3n) is 4.94. The number of nitrogens with one attached hydrogen (secondary N) is 2. The zero-order chi connectivity index (χ0) is 19.8. The molecule has 2 N–H and O–H groups in total. The van der Waals surface area contributed by atoms with Gasteiger partial charge in [0.05, 0.1) is 28.8 Å². The first-order chi connectivity index (χ1) is 12.8. The molecule has 2 saturated heterocycles. The lowest BCUT2D eigenvalue weighted by atomic mass is 10.0. The van der Waals surface area contributed by atoms with Gasteiger partial charge in [0.2, 0.25) is 5.91 Å². The van der Waals surface area contributed by atoms with Crippen LogP contribution in [0.1, 0.15) is 33.6 Å². The molecular formula is C17H23N3O6S. The van der Waals surface area contributed by atoms with Crippen LogP contribution in [0.4, 0.5) is 4.79 Å². The van der Waals surface area contributed by atoms with E-state index in [-0.39, 0.29) is 35.3 Å². The molecular weight excluding hydrogens is 374 g/mol. The minimum absolute atomic E-state index is 0.0559. The third-order valence-corrected chi connectivity index (χ3v) is 6.45. The van der Waals surface area contributed by atoms with Crippen molar-refractivity contribution in [2.24, 2.45) is 0 Å². The van der Waals surface area contributed by atoms with Crippen molar-refractivity contribution in [2.45, 2.75) is 50.6 Å². The zero-order valence-corrected chi connectivity index (χ0v) is 16.3. The highest BCUT2D eigenvalue weighted by atomic mass is 32.2. The summed E-state index contributed by atoms with van der Waals surface area (Å²) in [4.78, 5) is 49.9. The molecule has 3 aliphatic rings. The lowest BCUT2D eigenvalue weighted by Gasteiger charge is -2.30. The molecule has 3 heterocycles. The Balaban J connectivity index is 1.72. The van der Waals surface area contributed by atoms with Crippen LogP contribution in [0, 0.1) is 0 Å². The average molecular weight is 397 g/mol. The maximum Gasteiger partial charge on any atom is 0.338 e. The van der Waals surface area contributed by atoms with Gasteiger partial charge < -0.3 is 25.0 Å². The summed E-state index contributed by atoms with van der Waals surface area (Å²) in [6, 6.07) is -1.71. The van der Waals surface area contributed by atoms with E-state index < -0.39 is 30.1 Å². The Morgan fingerprint density at radius 3 is 2.78 bits per heavy atom. The Labute approximate surface area is 161 Å². The summed E-state index contributed by atoms with van der Waals surface area (Å²) in [6.45, 7) is 5.19. The first-order valence-electron chi connectivity index (χ1n) is 8.87. The first kappa shape index (κ1) is 19.5. The zero-order valence-electron chi connectivity index (χ0n) is 15.5. The number of thioether (sulfide) groups is 1. The van der Waals surface area contributed by atoms with Crippen LogP contribution < -0.4 is 10.6 Å². The van der Waals surface area contributed by atoms with Crippen LogP contribution in [-0.4, -0.2) is 64.7 Å². The fourth-order valence-electron chi connectivity index (χ4n) is 3.63. The van der Waals surface area contributed by atoms with Gasteiger partial charge in [0.1, 0.15) is 12.6 Å². The van der Waals surface area contributed by atoms with E-state index in [0.29, 0.717) is 18.6 Å². The number of hydrogen-bond acceptors (Lipinski definition) is 7. The van der Waals surface area contributed by atoms with Crippen molar-refractivity contribution in [1.82, 2.24) is 15.5 Å². The number of urea groups is 1. The number of nitrogens with zero attached hydrogens (tertiary/aromatic N) is 1. The van der Waals surface area contributed by atoms with E-state index in [4.69, 9.17) is 9.47 Å². The van der Waals surface area contributed by atoms with E-state index in [1.165, 1.54) is 0 Å². The highest BCUT2D eigenvalue weighted by molar-refractivity contribution is 8.01. The number of amides is 3. The second-order valence-electron chi connectivity index (χ2n) is 6.81. The predicted octanol–water partition coefficient (Wildman–Crippen LogP) is 0.502. The molecule has 2 fully saturated rings. The van der Waals surface area contributed by atoms with Crippen molar-refractivity contribution < 1.29 is 28.7 Å². The smallest absolute Gasteiger partial charge is 0.338 e. The summed E-state index contributed by atoms with van der Waals surface area (Å²) in [5.41, 5.74) is 0.409. The summed E-state index contributed by atoms with van der Waals surface area (Å²) in [5, 5.41) is 5.09. The molecule has 10 heteroatoms.